The molecule has 27 heavy (non-hydrogen) atoms. The highest BCUT2D eigenvalue weighted by molar-refractivity contribution is 7.92. The first kappa shape index (κ1) is 17.7. The lowest BCUT2D eigenvalue weighted by atomic mass is 9.88. The van der Waals surface area contributed by atoms with Crippen molar-refractivity contribution >= 4 is 27.5 Å². The third-order valence-corrected chi connectivity index (χ3v) is 5.50. The topological polar surface area (TPSA) is 59.1 Å². The van der Waals surface area contributed by atoms with Gasteiger partial charge in [-0.3, -0.25) is 4.72 Å². The van der Waals surface area contributed by atoms with Crippen LogP contribution >= 0.6 is 0 Å². The third-order valence-electron chi connectivity index (χ3n) is 4.92. The minimum absolute atomic E-state index is 0.335. The van der Waals surface area contributed by atoms with Crippen LogP contribution in [0.15, 0.2) is 65.8 Å². The molecule has 2 aliphatic carbocycles. The second-order valence-corrected chi connectivity index (χ2v) is 8.74. The number of anilines is 1. The molecule has 1 aromatic carbocycles. The highest BCUT2D eigenvalue weighted by Gasteiger charge is 2.20. The Kier molecular flexibility index (Phi) is 4.70. The predicted molar refractivity (Wildman–Crippen MR) is 111 cm³/mol. The monoisotopic (exact) mass is 378 g/mol. The van der Waals surface area contributed by atoms with Crippen LogP contribution in [-0.4, -0.2) is 19.7 Å². The molecule has 0 unspecified atom stereocenters. The number of hydrogen-bond donors (Lipinski definition) is 1. The molecule has 0 amide bonds. The van der Waals surface area contributed by atoms with Crippen molar-refractivity contribution in [1.82, 2.24) is 4.98 Å². The van der Waals surface area contributed by atoms with E-state index in [-0.39, 0.29) is 0 Å². The molecule has 0 aliphatic heterocycles. The summed E-state index contributed by atoms with van der Waals surface area (Å²) in [5.74, 6) is 0.335. The van der Waals surface area contributed by atoms with Crippen LogP contribution in [0.1, 0.15) is 36.1 Å². The van der Waals surface area contributed by atoms with Gasteiger partial charge in [0.1, 0.15) is 5.82 Å². The van der Waals surface area contributed by atoms with E-state index in [1.807, 2.05) is 12.1 Å². The van der Waals surface area contributed by atoms with Gasteiger partial charge in [-0.2, -0.15) is 0 Å². The predicted octanol–water partition coefficient (Wildman–Crippen LogP) is 4.59. The molecule has 4 nitrogen and oxygen atoms in total. The van der Waals surface area contributed by atoms with Gasteiger partial charge in [0.2, 0.25) is 10.0 Å². The maximum atomic E-state index is 11.5. The van der Waals surface area contributed by atoms with Crippen LogP contribution in [-0.2, 0) is 16.4 Å². The smallest absolute Gasteiger partial charge is 0.230 e. The second kappa shape index (κ2) is 7.16. The Morgan fingerprint density at radius 3 is 2.74 bits per heavy atom. The van der Waals surface area contributed by atoms with Crippen LogP contribution in [0.5, 0.6) is 0 Å². The fourth-order valence-electron chi connectivity index (χ4n) is 3.76. The van der Waals surface area contributed by atoms with Crippen LogP contribution in [0.25, 0.3) is 11.6 Å². The van der Waals surface area contributed by atoms with Gasteiger partial charge in [-0.1, -0.05) is 48.1 Å². The lowest BCUT2D eigenvalue weighted by molar-refractivity contribution is 0.606. The van der Waals surface area contributed by atoms with E-state index in [4.69, 9.17) is 0 Å². The molecule has 138 valence electrons. The molecule has 0 saturated heterocycles. The normalized spacial score (nSPS) is 18.0. The van der Waals surface area contributed by atoms with Crippen LogP contribution in [0.4, 0.5) is 5.82 Å². The lowest BCUT2D eigenvalue weighted by Crippen LogP contribution is -2.10. The number of pyridine rings is 1. The van der Waals surface area contributed by atoms with Crippen molar-refractivity contribution in [1.29, 1.82) is 0 Å². The summed E-state index contributed by atoms with van der Waals surface area (Å²) in [6.45, 7) is 0. The fourth-order valence-corrected chi connectivity index (χ4v) is 4.26. The van der Waals surface area contributed by atoms with Gasteiger partial charge >= 0.3 is 0 Å². The number of allylic oxidation sites excluding steroid dienone is 5. The fraction of sp³-hybridized carbons (Fsp3) is 0.227. The van der Waals surface area contributed by atoms with Gasteiger partial charge in [-0.25, -0.2) is 13.4 Å². The van der Waals surface area contributed by atoms with E-state index < -0.39 is 10.0 Å². The molecule has 0 fully saturated rings. The molecular weight excluding hydrogens is 356 g/mol. The molecule has 0 spiro atoms. The Morgan fingerprint density at radius 2 is 1.89 bits per heavy atom. The molecule has 2 aliphatic rings. The first-order valence-corrected chi connectivity index (χ1v) is 11.0. The SMILES string of the molecule is CS(=O)(=O)Nc1cccc(/C=C2\C3=C(CCC=C3)CCc3ccccc32)n1. The summed E-state index contributed by atoms with van der Waals surface area (Å²) in [4.78, 5) is 4.48. The number of rotatable bonds is 3. The van der Waals surface area contributed by atoms with E-state index in [0.717, 1.165) is 43.2 Å². The number of nitrogens with one attached hydrogen (secondary N) is 1. The van der Waals surface area contributed by atoms with Gasteiger partial charge in [-0.05, 0) is 66.2 Å². The number of aromatic nitrogens is 1. The maximum absolute atomic E-state index is 11.5. The van der Waals surface area contributed by atoms with Crippen molar-refractivity contribution in [3.63, 3.8) is 0 Å². The average Bonchev–Trinajstić information content (AvgIpc) is 2.79. The van der Waals surface area contributed by atoms with E-state index >= 15 is 0 Å². The molecular formula is C22H22N2O2S. The highest BCUT2D eigenvalue weighted by Crippen LogP contribution is 2.39. The van der Waals surface area contributed by atoms with E-state index in [2.05, 4.69) is 52.2 Å². The van der Waals surface area contributed by atoms with Crippen LogP contribution in [0, 0.1) is 0 Å². The zero-order chi connectivity index (χ0) is 18.9. The van der Waals surface area contributed by atoms with Crippen molar-refractivity contribution < 1.29 is 8.42 Å². The van der Waals surface area contributed by atoms with Gasteiger partial charge in [0.25, 0.3) is 0 Å². The molecule has 1 heterocycles. The van der Waals surface area contributed by atoms with E-state index in [0.29, 0.717) is 5.82 Å². The minimum Gasteiger partial charge on any atom is -0.268 e. The Labute approximate surface area is 160 Å². The number of aryl methyl sites for hydroxylation is 1. The quantitative estimate of drug-likeness (QED) is 0.850. The van der Waals surface area contributed by atoms with E-state index in [9.17, 15) is 8.42 Å². The molecule has 2 aromatic rings. The zero-order valence-electron chi connectivity index (χ0n) is 15.3. The molecule has 0 atom stereocenters. The first-order valence-electron chi connectivity index (χ1n) is 9.13. The molecule has 0 radical (unpaired) electrons. The molecule has 1 aromatic heterocycles. The van der Waals surface area contributed by atoms with Crippen LogP contribution < -0.4 is 4.72 Å². The lowest BCUT2D eigenvalue weighted by Gasteiger charge is -2.16. The Balaban J connectivity index is 1.84. The number of hydrogen-bond acceptors (Lipinski definition) is 3. The van der Waals surface area contributed by atoms with Crippen molar-refractivity contribution in [2.24, 2.45) is 0 Å². The third kappa shape index (κ3) is 4.03. The zero-order valence-corrected chi connectivity index (χ0v) is 16.1. The summed E-state index contributed by atoms with van der Waals surface area (Å²) >= 11 is 0. The highest BCUT2D eigenvalue weighted by atomic mass is 32.2. The van der Waals surface area contributed by atoms with Gasteiger partial charge < -0.3 is 0 Å². The Bertz CT molecular complexity index is 1080. The molecule has 1 N–H and O–H groups in total. The number of nitrogens with zero attached hydrogens (tertiary/aromatic N) is 1. The van der Waals surface area contributed by atoms with Crippen LogP contribution in [0.3, 0.4) is 0 Å². The molecule has 0 bridgehead atoms. The first-order chi connectivity index (χ1) is 13.0. The average molecular weight is 378 g/mol. The number of sulfonamides is 1. The Morgan fingerprint density at radius 1 is 1.04 bits per heavy atom. The Hall–Kier alpha value is -2.66. The van der Waals surface area contributed by atoms with Gasteiger partial charge in [0.05, 0.1) is 11.9 Å². The molecule has 5 heteroatoms. The van der Waals surface area contributed by atoms with E-state index in [1.54, 1.807) is 6.07 Å². The summed E-state index contributed by atoms with van der Waals surface area (Å²) in [5.41, 5.74) is 7.26. The largest absolute Gasteiger partial charge is 0.268 e. The van der Waals surface area contributed by atoms with Gasteiger partial charge in [-0.15, -0.1) is 0 Å². The molecule has 4 rings (SSSR count). The van der Waals surface area contributed by atoms with Crippen molar-refractivity contribution in [3.05, 3.63) is 82.6 Å². The summed E-state index contributed by atoms with van der Waals surface area (Å²) in [6.07, 6.45) is 12.0. The van der Waals surface area contributed by atoms with Gasteiger partial charge in [0, 0.05) is 0 Å². The summed E-state index contributed by atoms with van der Waals surface area (Å²) in [5, 5.41) is 0. The minimum atomic E-state index is -3.35. The summed E-state index contributed by atoms with van der Waals surface area (Å²) < 4.78 is 25.5. The second-order valence-electron chi connectivity index (χ2n) is 7.00. The standard InChI is InChI=1S/C22H22N2O2S/c1-27(25,26)24-22-12-6-9-18(23-22)15-21-19-10-4-2-7-16(19)13-14-17-8-3-5-11-20(17)21/h2,4-7,9-12,15H,3,8,13-14H2,1H3,(H,23,24)/b21-15-. The van der Waals surface area contributed by atoms with Crippen molar-refractivity contribution in [2.45, 2.75) is 25.7 Å². The molecule has 0 saturated carbocycles. The maximum Gasteiger partial charge on any atom is 0.230 e. The van der Waals surface area contributed by atoms with Crippen LogP contribution in [0.2, 0.25) is 0 Å². The number of fused-ring (bicyclic) bond motifs is 1. The summed E-state index contributed by atoms with van der Waals surface area (Å²) in [6, 6.07) is 13.9. The van der Waals surface area contributed by atoms with Crippen molar-refractivity contribution in [2.75, 3.05) is 11.0 Å². The van der Waals surface area contributed by atoms with Gasteiger partial charge in [0.15, 0.2) is 0 Å². The van der Waals surface area contributed by atoms with Crippen molar-refractivity contribution in [3.8, 4) is 0 Å². The number of benzene rings is 1. The summed E-state index contributed by atoms with van der Waals surface area (Å²) in [7, 11) is -3.35. The van der Waals surface area contributed by atoms with E-state index in [1.165, 1.54) is 22.3 Å².